The number of hydrogen-bond acceptors (Lipinski definition) is 5. The Morgan fingerprint density at radius 1 is 1.04 bits per heavy atom. The van der Waals surface area contributed by atoms with Crippen LogP contribution in [0.25, 0.3) is 6.08 Å². The number of pyridine rings is 2. The van der Waals surface area contributed by atoms with E-state index in [9.17, 15) is 9.59 Å². The number of aromatic nitrogens is 2. The van der Waals surface area contributed by atoms with E-state index in [-0.39, 0.29) is 18.1 Å². The summed E-state index contributed by atoms with van der Waals surface area (Å²) in [7, 11) is 0. The number of carbonyl (C=O) groups excluding carboxylic acids is 2. The number of amides is 1. The summed E-state index contributed by atoms with van der Waals surface area (Å²) in [5, 5.41) is 2.81. The van der Waals surface area contributed by atoms with E-state index in [1.807, 2.05) is 24.3 Å². The second-order valence-corrected chi connectivity index (χ2v) is 6.18. The first kappa shape index (κ1) is 19.0. The lowest BCUT2D eigenvalue weighted by molar-refractivity contribution is -0.116. The van der Waals surface area contributed by atoms with Crippen molar-refractivity contribution in [3.8, 4) is 0 Å². The molecule has 0 bridgehead atoms. The van der Waals surface area contributed by atoms with E-state index in [1.165, 1.54) is 6.08 Å². The van der Waals surface area contributed by atoms with Crippen molar-refractivity contribution in [1.29, 1.82) is 0 Å². The normalized spacial score (nSPS) is 10.7. The predicted octanol–water partition coefficient (Wildman–Crippen LogP) is 2.81. The van der Waals surface area contributed by atoms with E-state index in [0.29, 0.717) is 23.5 Å². The molecule has 0 saturated heterocycles. The summed E-state index contributed by atoms with van der Waals surface area (Å²) in [4.78, 5) is 32.3. The highest BCUT2D eigenvalue weighted by molar-refractivity contribution is 5.98. The summed E-state index contributed by atoms with van der Waals surface area (Å²) in [5.41, 5.74) is 8.85. The van der Waals surface area contributed by atoms with Crippen LogP contribution >= 0.6 is 0 Å². The quantitative estimate of drug-likeness (QED) is 0.491. The Morgan fingerprint density at radius 3 is 2.54 bits per heavy atom. The van der Waals surface area contributed by atoms with Crippen LogP contribution in [-0.2, 0) is 17.8 Å². The van der Waals surface area contributed by atoms with E-state index >= 15 is 0 Å². The van der Waals surface area contributed by atoms with Crippen LogP contribution in [0.4, 0.5) is 5.82 Å². The summed E-state index contributed by atoms with van der Waals surface area (Å²) in [6, 6.07) is 14.4. The number of nitrogens with zero attached hydrogens (tertiary/aromatic N) is 2. The highest BCUT2D eigenvalue weighted by Crippen LogP contribution is 2.13. The van der Waals surface area contributed by atoms with Crippen LogP contribution in [0.15, 0.2) is 73.2 Å². The number of rotatable bonds is 7. The van der Waals surface area contributed by atoms with Crippen molar-refractivity contribution in [3.63, 3.8) is 0 Å². The van der Waals surface area contributed by atoms with Gasteiger partial charge >= 0.3 is 0 Å². The van der Waals surface area contributed by atoms with Crippen molar-refractivity contribution in [3.05, 3.63) is 95.5 Å². The summed E-state index contributed by atoms with van der Waals surface area (Å²) >= 11 is 0. The molecule has 3 N–H and O–H groups in total. The third kappa shape index (κ3) is 5.35. The fraction of sp³-hybridized carbons (Fsp3) is 0.0909. The van der Waals surface area contributed by atoms with Gasteiger partial charge in [-0.1, -0.05) is 36.4 Å². The van der Waals surface area contributed by atoms with Crippen LogP contribution in [-0.4, -0.2) is 21.7 Å². The van der Waals surface area contributed by atoms with Gasteiger partial charge < -0.3 is 11.1 Å². The van der Waals surface area contributed by atoms with Gasteiger partial charge in [-0.15, -0.1) is 0 Å². The second kappa shape index (κ2) is 9.23. The molecule has 0 fully saturated rings. The SMILES string of the molecule is Nc1ncccc1CC(=O)c1ccc(CNC(=O)/C=C/c2cccnc2)cc1. The smallest absolute Gasteiger partial charge is 0.244 e. The Labute approximate surface area is 163 Å². The summed E-state index contributed by atoms with van der Waals surface area (Å²) in [6.07, 6.45) is 8.32. The molecule has 0 saturated carbocycles. The van der Waals surface area contributed by atoms with E-state index in [2.05, 4.69) is 15.3 Å². The van der Waals surface area contributed by atoms with Crippen molar-refractivity contribution >= 4 is 23.6 Å². The molecule has 0 radical (unpaired) electrons. The summed E-state index contributed by atoms with van der Waals surface area (Å²) in [6.45, 7) is 0.375. The third-order valence-corrected chi connectivity index (χ3v) is 4.13. The van der Waals surface area contributed by atoms with E-state index in [0.717, 1.165) is 11.1 Å². The topological polar surface area (TPSA) is 98.0 Å². The number of nitrogens with two attached hydrogens (primary N) is 1. The van der Waals surface area contributed by atoms with E-state index in [1.54, 1.807) is 48.9 Å². The minimum Gasteiger partial charge on any atom is -0.383 e. The molecular weight excluding hydrogens is 352 g/mol. The second-order valence-electron chi connectivity index (χ2n) is 6.18. The Balaban J connectivity index is 1.53. The molecule has 0 spiro atoms. The fourth-order valence-corrected chi connectivity index (χ4v) is 2.58. The molecule has 0 aliphatic rings. The van der Waals surface area contributed by atoms with Gasteiger partial charge in [-0.25, -0.2) is 4.98 Å². The van der Waals surface area contributed by atoms with Crippen LogP contribution in [0, 0.1) is 0 Å². The van der Waals surface area contributed by atoms with Crippen molar-refractivity contribution < 1.29 is 9.59 Å². The van der Waals surface area contributed by atoms with Gasteiger partial charge in [0.2, 0.25) is 5.91 Å². The molecule has 2 aromatic heterocycles. The lowest BCUT2D eigenvalue weighted by Gasteiger charge is -2.06. The van der Waals surface area contributed by atoms with Crippen molar-refractivity contribution in [2.75, 3.05) is 5.73 Å². The molecule has 2 heterocycles. The number of nitrogens with one attached hydrogen (secondary N) is 1. The first-order chi connectivity index (χ1) is 13.6. The zero-order valence-corrected chi connectivity index (χ0v) is 15.2. The molecule has 1 aromatic carbocycles. The Morgan fingerprint density at radius 2 is 1.82 bits per heavy atom. The number of carbonyl (C=O) groups is 2. The molecule has 0 atom stereocenters. The number of nitrogen functional groups attached to an aromatic ring is 1. The Hall–Kier alpha value is -3.80. The predicted molar refractivity (Wildman–Crippen MR) is 108 cm³/mol. The molecule has 28 heavy (non-hydrogen) atoms. The van der Waals surface area contributed by atoms with Crippen LogP contribution in [0.3, 0.4) is 0 Å². The molecule has 0 aliphatic carbocycles. The minimum absolute atomic E-state index is 0.0327. The number of anilines is 1. The van der Waals surface area contributed by atoms with Crippen LogP contribution in [0.2, 0.25) is 0 Å². The monoisotopic (exact) mass is 372 g/mol. The molecule has 3 rings (SSSR count). The molecule has 140 valence electrons. The largest absolute Gasteiger partial charge is 0.383 e. The maximum Gasteiger partial charge on any atom is 0.244 e. The third-order valence-electron chi connectivity index (χ3n) is 4.13. The van der Waals surface area contributed by atoms with Crippen molar-refractivity contribution in [1.82, 2.24) is 15.3 Å². The van der Waals surface area contributed by atoms with Gasteiger partial charge in [0.25, 0.3) is 0 Å². The van der Waals surface area contributed by atoms with Crippen molar-refractivity contribution in [2.24, 2.45) is 0 Å². The van der Waals surface area contributed by atoms with Crippen LogP contribution in [0.5, 0.6) is 0 Å². The molecule has 0 aliphatic heterocycles. The van der Waals surface area contributed by atoms with Gasteiger partial charge in [0.1, 0.15) is 5.82 Å². The average molecular weight is 372 g/mol. The summed E-state index contributed by atoms with van der Waals surface area (Å²) < 4.78 is 0. The van der Waals surface area contributed by atoms with Gasteiger partial charge in [-0.05, 0) is 29.3 Å². The minimum atomic E-state index is -0.198. The van der Waals surface area contributed by atoms with Gasteiger partial charge in [-0.3, -0.25) is 14.6 Å². The lowest BCUT2D eigenvalue weighted by atomic mass is 10.0. The number of hydrogen-bond donors (Lipinski definition) is 2. The van der Waals surface area contributed by atoms with Gasteiger partial charge in [0, 0.05) is 48.8 Å². The molecule has 3 aromatic rings. The maximum absolute atomic E-state index is 12.4. The first-order valence-corrected chi connectivity index (χ1v) is 8.79. The number of benzene rings is 1. The lowest BCUT2D eigenvalue weighted by Crippen LogP contribution is -2.20. The van der Waals surface area contributed by atoms with Crippen LogP contribution in [0.1, 0.15) is 27.0 Å². The molecule has 6 nitrogen and oxygen atoms in total. The molecule has 6 heteroatoms. The van der Waals surface area contributed by atoms with Crippen LogP contribution < -0.4 is 11.1 Å². The number of ketones is 1. The standard InChI is InChI=1S/C22H20N4O2/c23-22-19(4-2-12-25-22)13-20(27)18-8-5-17(6-9-18)15-26-21(28)10-7-16-3-1-11-24-14-16/h1-12,14H,13,15H2,(H2,23,25)(H,26,28)/b10-7+. The van der Waals surface area contributed by atoms with E-state index in [4.69, 9.17) is 5.73 Å². The highest BCUT2D eigenvalue weighted by atomic mass is 16.1. The first-order valence-electron chi connectivity index (χ1n) is 8.79. The van der Waals surface area contributed by atoms with Crippen molar-refractivity contribution in [2.45, 2.75) is 13.0 Å². The van der Waals surface area contributed by atoms with Gasteiger partial charge in [0.05, 0.1) is 0 Å². The molecule has 0 unspecified atom stereocenters. The Bertz CT molecular complexity index is 983. The zero-order chi connectivity index (χ0) is 19.8. The highest BCUT2D eigenvalue weighted by Gasteiger charge is 2.09. The molecule has 1 amide bonds. The van der Waals surface area contributed by atoms with Gasteiger partial charge in [0.15, 0.2) is 5.78 Å². The maximum atomic E-state index is 12.4. The molecular formula is C22H20N4O2. The number of Topliss-reactive ketones (excluding diaryl/α,β-unsaturated/α-hetero) is 1. The zero-order valence-electron chi connectivity index (χ0n) is 15.2. The van der Waals surface area contributed by atoms with Gasteiger partial charge in [-0.2, -0.15) is 0 Å². The fourth-order valence-electron chi connectivity index (χ4n) is 2.58. The van der Waals surface area contributed by atoms with E-state index < -0.39 is 0 Å². The Kier molecular flexibility index (Phi) is 6.25. The average Bonchev–Trinajstić information content (AvgIpc) is 2.73. The summed E-state index contributed by atoms with van der Waals surface area (Å²) in [5.74, 6) is 0.139.